The van der Waals surface area contributed by atoms with E-state index < -0.39 is 0 Å². The molecule has 20 heavy (non-hydrogen) atoms. The average molecular weight is 284 g/mol. The topological polar surface area (TPSA) is 32.5 Å². The molecule has 0 bridgehead atoms. The summed E-state index contributed by atoms with van der Waals surface area (Å²) in [7, 11) is 4.32. The van der Waals surface area contributed by atoms with Gasteiger partial charge in [-0.15, -0.1) is 0 Å². The van der Waals surface area contributed by atoms with Gasteiger partial charge in [-0.1, -0.05) is 27.7 Å². The van der Waals surface area contributed by atoms with E-state index in [-0.39, 0.29) is 5.54 Å². The Morgan fingerprint density at radius 2 is 1.75 bits per heavy atom. The average Bonchev–Trinajstić information content (AvgIpc) is 2.31. The molecule has 0 aromatic heterocycles. The van der Waals surface area contributed by atoms with Gasteiger partial charge in [0.25, 0.3) is 0 Å². The largest absolute Gasteiger partial charge is 0.329 e. The molecule has 2 unspecified atom stereocenters. The zero-order valence-corrected chi connectivity index (χ0v) is 14.7. The van der Waals surface area contributed by atoms with Crippen LogP contribution < -0.4 is 5.73 Å². The van der Waals surface area contributed by atoms with Gasteiger partial charge in [0.05, 0.1) is 0 Å². The summed E-state index contributed by atoms with van der Waals surface area (Å²) in [5, 5.41) is 0. The molecule has 1 aliphatic carbocycles. The molecule has 1 aliphatic rings. The van der Waals surface area contributed by atoms with Gasteiger partial charge in [0, 0.05) is 25.2 Å². The van der Waals surface area contributed by atoms with Crippen molar-refractivity contribution >= 4 is 0 Å². The Labute approximate surface area is 126 Å². The second-order valence-electron chi connectivity index (χ2n) is 8.07. The molecule has 2 N–H and O–H groups in total. The van der Waals surface area contributed by atoms with Crippen molar-refractivity contribution in [3.05, 3.63) is 0 Å². The highest BCUT2D eigenvalue weighted by Crippen LogP contribution is 2.46. The minimum atomic E-state index is 0.215. The van der Waals surface area contributed by atoms with Crippen LogP contribution in [0.2, 0.25) is 0 Å². The molecule has 3 heteroatoms. The SMILES string of the molecule is CCCN(CCN(C)C)C1(CN)CC(C)CC(C)(C)C1. The van der Waals surface area contributed by atoms with Crippen LogP contribution in [0.15, 0.2) is 0 Å². The van der Waals surface area contributed by atoms with Gasteiger partial charge in [0.2, 0.25) is 0 Å². The minimum Gasteiger partial charge on any atom is -0.329 e. The van der Waals surface area contributed by atoms with Gasteiger partial charge in [0.1, 0.15) is 0 Å². The maximum atomic E-state index is 6.30. The highest BCUT2D eigenvalue weighted by Gasteiger charge is 2.45. The molecule has 0 aliphatic heterocycles. The molecule has 120 valence electrons. The maximum absolute atomic E-state index is 6.30. The van der Waals surface area contributed by atoms with Crippen LogP contribution in [-0.2, 0) is 0 Å². The summed E-state index contributed by atoms with van der Waals surface area (Å²) < 4.78 is 0. The molecular formula is C17H37N3. The molecule has 0 saturated heterocycles. The van der Waals surface area contributed by atoms with E-state index in [0.29, 0.717) is 5.41 Å². The van der Waals surface area contributed by atoms with E-state index in [9.17, 15) is 0 Å². The summed E-state index contributed by atoms with van der Waals surface area (Å²) in [5.41, 5.74) is 6.94. The normalized spacial score (nSPS) is 30.1. The van der Waals surface area contributed by atoms with Gasteiger partial charge >= 0.3 is 0 Å². The van der Waals surface area contributed by atoms with E-state index in [0.717, 1.165) is 25.6 Å². The second-order valence-corrected chi connectivity index (χ2v) is 8.07. The van der Waals surface area contributed by atoms with E-state index in [1.807, 2.05) is 0 Å². The molecule has 0 aromatic rings. The molecular weight excluding hydrogens is 246 g/mol. The van der Waals surface area contributed by atoms with Gasteiger partial charge in [-0.2, -0.15) is 0 Å². The highest BCUT2D eigenvalue weighted by molar-refractivity contribution is 5.01. The Morgan fingerprint density at radius 3 is 2.20 bits per heavy atom. The third-order valence-electron chi connectivity index (χ3n) is 4.80. The van der Waals surface area contributed by atoms with E-state index in [1.165, 1.54) is 32.2 Å². The zero-order valence-electron chi connectivity index (χ0n) is 14.7. The molecule has 1 fully saturated rings. The summed E-state index contributed by atoms with van der Waals surface area (Å²) in [6.45, 7) is 13.8. The van der Waals surface area contributed by atoms with Gasteiger partial charge in [0.15, 0.2) is 0 Å². The van der Waals surface area contributed by atoms with E-state index >= 15 is 0 Å². The lowest BCUT2D eigenvalue weighted by molar-refractivity contribution is -0.0143. The number of rotatable bonds is 7. The summed E-state index contributed by atoms with van der Waals surface area (Å²) in [4.78, 5) is 4.98. The van der Waals surface area contributed by atoms with Crippen molar-refractivity contribution in [1.82, 2.24) is 9.80 Å². The van der Waals surface area contributed by atoms with Gasteiger partial charge in [-0.3, -0.25) is 4.90 Å². The number of nitrogens with two attached hydrogens (primary N) is 1. The van der Waals surface area contributed by atoms with Crippen molar-refractivity contribution in [2.75, 3.05) is 40.3 Å². The van der Waals surface area contributed by atoms with Crippen molar-refractivity contribution < 1.29 is 0 Å². The van der Waals surface area contributed by atoms with E-state index in [1.54, 1.807) is 0 Å². The predicted molar refractivity (Wildman–Crippen MR) is 89.0 cm³/mol. The van der Waals surface area contributed by atoms with Gasteiger partial charge < -0.3 is 10.6 Å². The first kappa shape index (κ1) is 17.9. The van der Waals surface area contributed by atoms with Crippen molar-refractivity contribution in [1.29, 1.82) is 0 Å². The van der Waals surface area contributed by atoms with Crippen LogP contribution in [0.5, 0.6) is 0 Å². The van der Waals surface area contributed by atoms with Crippen molar-refractivity contribution in [2.24, 2.45) is 17.1 Å². The van der Waals surface area contributed by atoms with Crippen LogP contribution in [0.4, 0.5) is 0 Å². The molecule has 2 atom stereocenters. The quantitative estimate of drug-likeness (QED) is 0.780. The third-order valence-corrected chi connectivity index (χ3v) is 4.80. The summed E-state index contributed by atoms with van der Waals surface area (Å²) in [6.07, 6.45) is 5.06. The van der Waals surface area contributed by atoms with Crippen molar-refractivity contribution in [3.63, 3.8) is 0 Å². The van der Waals surface area contributed by atoms with Crippen LogP contribution >= 0.6 is 0 Å². The van der Waals surface area contributed by atoms with E-state index in [2.05, 4.69) is 51.6 Å². The molecule has 1 rings (SSSR count). The van der Waals surface area contributed by atoms with Gasteiger partial charge in [-0.05, 0) is 57.7 Å². The highest BCUT2D eigenvalue weighted by atomic mass is 15.2. The first-order valence-electron chi connectivity index (χ1n) is 8.34. The fourth-order valence-electron chi connectivity index (χ4n) is 4.40. The second kappa shape index (κ2) is 7.24. The van der Waals surface area contributed by atoms with Crippen LogP contribution in [0.25, 0.3) is 0 Å². The molecule has 0 amide bonds. The molecule has 0 aromatic carbocycles. The first-order valence-corrected chi connectivity index (χ1v) is 8.34. The zero-order chi connectivity index (χ0) is 15.4. The molecule has 3 nitrogen and oxygen atoms in total. The smallest absolute Gasteiger partial charge is 0.0339 e. The first-order chi connectivity index (χ1) is 9.24. The molecule has 0 heterocycles. The Balaban J connectivity index is 2.90. The fraction of sp³-hybridized carbons (Fsp3) is 1.00. The van der Waals surface area contributed by atoms with Crippen LogP contribution in [0, 0.1) is 11.3 Å². The molecule has 1 saturated carbocycles. The fourth-order valence-corrected chi connectivity index (χ4v) is 4.40. The predicted octanol–water partition coefficient (Wildman–Crippen LogP) is 2.80. The minimum absolute atomic E-state index is 0.215. The van der Waals surface area contributed by atoms with Crippen molar-refractivity contribution in [3.8, 4) is 0 Å². The number of likely N-dealkylation sites (N-methyl/N-ethyl adjacent to an activating group) is 1. The number of hydrogen-bond donors (Lipinski definition) is 1. The lowest BCUT2D eigenvalue weighted by atomic mass is 9.63. The Hall–Kier alpha value is -0.120. The third kappa shape index (κ3) is 4.71. The Bertz CT molecular complexity index is 288. The summed E-state index contributed by atoms with van der Waals surface area (Å²) in [6, 6.07) is 0. The monoisotopic (exact) mass is 283 g/mol. The number of hydrogen-bond acceptors (Lipinski definition) is 3. The van der Waals surface area contributed by atoms with Gasteiger partial charge in [-0.25, -0.2) is 0 Å². The van der Waals surface area contributed by atoms with E-state index in [4.69, 9.17) is 5.73 Å². The standard InChI is InChI=1S/C17H37N3/c1-7-8-20(10-9-19(5)6)17(14-18)12-15(2)11-16(3,4)13-17/h15H,7-14,18H2,1-6H3. The lowest BCUT2D eigenvalue weighted by Crippen LogP contribution is -2.60. The van der Waals surface area contributed by atoms with Crippen molar-refractivity contribution in [2.45, 2.75) is 58.9 Å². The van der Waals surface area contributed by atoms with Crippen LogP contribution in [0.1, 0.15) is 53.4 Å². The summed E-state index contributed by atoms with van der Waals surface area (Å²) >= 11 is 0. The van der Waals surface area contributed by atoms with Crippen LogP contribution in [-0.4, -0.2) is 55.6 Å². The summed E-state index contributed by atoms with van der Waals surface area (Å²) in [5.74, 6) is 0.779. The van der Waals surface area contributed by atoms with Crippen LogP contribution in [0.3, 0.4) is 0 Å². The lowest BCUT2D eigenvalue weighted by Gasteiger charge is -2.53. The maximum Gasteiger partial charge on any atom is 0.0339 e. The Kier molecular flexibility index (Phi) is 6.49. The molecule has 0 spiro atoms. The molecule has 0 radical (unpaired) electrons. The Morgan fingerprint density at radius 1 is 1.10 bits per heavy atom. The number of nitrogens with zero attached hydrogens (tertiary/aromatic N) is 2.